The molecular formula is C15H22ClNO3. The van der Waals surface area contributed by atoms with E-state index in [4.69, 9.17) is 10.5 Å². The van der Waals surface area contributed by atoms with Crippen molar-refractivity contribution in [3.63, 3.8) is 0 Å². The van der Waals surface area contributed by atoms with Crippen molar-refractivity contribution in [1.82, 2.24) is 0 Å². The van der Waals surface area contributed by atoms with Gasteiger partial charge in [0.2, 0.25) is 0 Å². The molecule has 4 nitrogen and oxygen atoms in total. The smallest absolute Gasteiger partial charge is 0.168 e. The van der Waals surface area contributed by atoms with Crippen LogP contribution in [0, 0.1) is 5.92 Å². The van der Waals surface area contributed by atoms with Crippen LogP contribution in [0.2, 0.25) is 0 Å². The zero-order valence-electron chi connectivity index (χ0n) is 11.6. The number of rotatable bonds is 5. The van der Waals surface area contributed by atoms with E-state index in [1.54, 1.807) is 24.3 Å². The number of nitrogens with two attached hydrogens (primary N) is 1. The second-order valence-corrected chi connectivity index (χ2v) is 5.23. The summed E-state index contributed by atoms with van der Waals surface area (Å²) in [5.41, 5.74) is 6.19. The van der Waals surface area contributed by atoms with E-state index in [1.165, 1.54) is 7.11 Å². The maximum absolute atomic E-state index is 10.9. The van der Waals surface area contributed by atoms with Gasteiger partial charge in [0.1, 0.15) is 12.4 Å². The summed E-state index contributed by atoms with van der Waals surface area (Å²) in [6.07, 6.45) is 4.18. The number of hydrogen-bond acceptors (Lipinski definition) is 4. The zero-order valence-corrected chi connectivity index (χ0v) is 12.4. The van der Waals surface area contributed by atoms with Gasteiger partial charge in [0, 0.05) is 18.2 Å². The summed E-state index contributed by atoms with van der Waals surface area (Å²) in [6, 6.07) is 6.92. The lowest BCUT2D eigenvalue weighted by Gasteiger charge is -2.36. The molecule has 1 fully saturated rings. The molecule has 0 unspecified atom stereocenters. The van der Waals surface area contributed by atoms with Gasteiger partial charge >= 0.3 is 0 Å². The molecular weight excluding hydrogens is 278 g/mol. The van der Waals surface area contributed by atoms with Gasteiger partial charge in [-0.15, -0.1) is 12.4 Å². The van der Waals surface area contributed by atoms with Crippen molar-refractivity contribution in [1.29, 1.82) is 0 Å². The summed E-state index contributed by atoms with van der Waals surface area (Å²) in [6.45, 7) is 0. The zero-order chi connectivity index (χ0) is 13.9. The molecule has 0 amide bonds. The largest absolute Gasteiger partial charge is 0.388 e. The maximum atomic E-state index is 10.9. The molecule has 1 aromatic carbocycles. The Hall–Kier alpha value is -0.940. The lowest BCUT2D eigenvalue weighted by Crippen LogP contribution is -2.52. The Balaban J connectivity index is 0.00000200. The molecule has 0 heterocycles. The number of aliphatic hydroxyl groups excluding tert-OH is 1. The third kappa shape index (κ3) is 3.20. The Morgan fingerprint density at radius 3 is 2.65 bits per heavy atom. The Morgan fingerprint density at radius 2 is 2.10 bits per heavy atom. The average Bonchev–Trinajstić information content (AvgIpc) is 2.99. The Morgan fingerprint density at radius 1 is 1.45 bits per heavy atom. The molecule has 1 aliphatic carbocycles. The monoisotopic (exact) mass is 299 g/mol. The summed E-state index contributed by atoms with van der Waals surface area (Å²) in [4.78, 5) is 10.9. The van der Waals surface area contributed by atoms with Gasteiger partial charge in [0.15, 0.2) is 5.72 Å². The fraction of sp³-hybridized carbons (Fsp3) is 0.533. The number of aldehydes is 1. The predicted molar refractivity (Wildman–Crippen MR) is 79.9 cm³/mol. The number of methoxy groups -OCH3 is 1. The summed E-state index contributed by atoms with van der Waals surface area (Å²) in [5, 5.41) is 10.5. The van der Waals surface area contributed by atoms with Gasteiger partial charge in [0.05, 0.1) is 0 Å². The molecule has 0 radical (unpaired) electrons. The normalized spacial score (nSPS) is 19.9. The van der Waals surface area contributed by atoms with Gasteiger partial charge in [0.25, 0.3) is 0 Å². The van der Waals surface area contributed by atoms with Crippen LogP contribution in [0.15, 0.2) is 24.3 Å². The molecule has 5 heteroatoms. The summed E-state index contributed by atoms with van der Waals surface area (Å²) < 4.78 is 5.41. The maximum Gasteiger partial charge on any atom is 0.168 e. The highest BCUT2D eigenvalue weighted by atomic mass is 35.5. The number of carbonyl (C=O) groups is 1. The third-order valence-electron chi connectivity index (χ3n) is 4.10. The summed E-state index contributed by atoms with van der Waals surface area (Å²) >= 11 is 0. The first kappa shape index (κ1) is 17.1. The van der Waals surface area contributed by atoms with Crippen molar-refractivity contribution < 1.29 is 14.6 Å². The molecule has 1 aliphatic rings. The molecule has 2 atom stereocenters. The number of aliphatic hydroxyl groups is 1. The first-order valence-corrected chi connectivity index (χ1v) is 6.69. The molecule has 0 aromatic heterocycles. The van der Waals surface area contributed by atoms with Crippen LogP contribution in [0.1, 0.15) is 41.6 Å². The van der Waals surface area contributed by atoms with E-state index in [0.29, 0.717) is 11.1 Å². The second-order valence-electron chi connectivity index (χ2n) is 5.23. The fourth-order valence-corrected chi connectivity index (χ4v) is 2.89. The number of benzene rings is 1. The van der Waals surface area contributed by atoms with Crippen molar-refractivity contribution >= 4 is 18.7 Å². The lowest BCUT2D eigenvalue weighted by molar-refractivity contribution is -0.126. The minimum absolute atomic E-state index is 0. The minimum Gasteiger partial charge on any atom is -0.388 e. The molecule has 0 aliphatic heterocycles. The van der Waals surface area contributed by atoms with E-state index < -0.39 is 11.8 Å². The number of hydrogen-bond donors (Lipinski definition) is 2. The van der Waals surface area contributed by atoms with Gasteiger partial charge in [-0.05, 0) is 24.8 Å². The van der Waals surface area contributed by atoms with Gasteiger partial charge in [-0.3, -0.25) is 10.5 Å². The third-order valence-corrected chi connectivity index (χ3v) is 4.10. The highest BCUT2D eigenvalue weighted by Gasteiger charge is 2.41. The molecule has 2 rings (SSSR count). The van der Waals surface area contributed by atoms with Crippen LogP contribution in [-0.2, 0) is 10.5 Å². The quantitative estimate of drug-likeness (QED) is 0.646. The molecule has 0 spiro atoms. The summed E-state index contributed by atoms with van der Waals surface area (Å²) in [5.74, 6) is 0.157. The summed E-state index contributed by atoms with van der Waals surface area (Å²) in [7, 11) is 1.49. The van der Waals surface area contributed by atoms with Crippen LogP contribution in [0.3, 0.4) is 0 Å². The first-order valence-electron chi connectivity index (χ1n) is 6.69. The highest BCUT2D eigenvalue weighted by Crippen LogP contribution is 2.36. The molecule has 0 bridgehead atoms. The number of ether oxygens (including phenoxy) is 1. The lowest BCUT2D eigenvalue weighted by atomic mass is 9.87. The van der Waals surface area contributed by atoms with Gasteiger partial charge < -0.3 is 9.84 Å². The average molecular weight is 300 g/mol. The molecule has 3 N–H and O–H groups in total. The van der Waals surface area contributed by atoms with E-state index in [-0.39, 0.29) is 18.3 Å². The van der Waals surface area contributed by atoms with Gasteiger partial charge in [-0.25, -0.2) is 0 Å². The van der Waals surface area contributed by atoms with Gasteiger partial charge in [-0.2, -0.15) is 0 Å². The highest BCUT2D eigenvalue weighted by molar-refractivity contribution is 5.85. The first-order chi connectivity index (χ1) is 9.11. The molecule has 1 aromatic rings. The minimum atomic E-state index is -1.26. The van der Waals surface area contributed by atoms with E-state index in [2.05, 4.69) is 0 Å². The topological polar surface area (TPSA) is 72.5 Å². The van der Waals surface area contributed by atoms with Crippen LogP contribution in [0.5, 0.6) is 0 Å². The van der Waals surface area contributed by atoms with Crippen molar-refractivity contribution in [2.45, 2.75) is 37.5 Å². The van der Waals surface area contributed by atoms with E-state index >= 15 is 0 Å². The van der Waals surface area contributed by atoms with E-state index in [0.717, 1.165) is 32.0 Å². The van der Waals surface area contributed by atoms with Crippen molar-refractivity contribution in [2.24, 2.45) is 11.7 Å². The Bertz CT molecular complexity index is 448. The van der Waals surface area contributed by atoms with Crippen LogP contribution >= 0.6 is 12.4 Å². The second kappa shape index (κ2) is 7.18. The molecule has 1 saturated carbocycles. The van der Waals surface area contributed by atoms with Gasteiger partial charge in [-0.1, -0.05) is 31.0 Å². The van der Waals surface area contributed by atoms with Crippen LogP contribution < -0.4 is 5.73 Å². The van der Waals surface area contributed by atoms with E-state index in [9.17, 15) is 9.90 Å². The Kier molecular flexibility index (Phi) is 6.14. The van der Waals surface area contributed by atoms with Crippen molar-refractivity contribution in [3.05, 3.63) is 35.4 Å². The number of halogens is 1. The molecule has 112 valence electrons. The van der Waals surface area contributed by atoms with Crippen LogP contribution in [0.4, 0.5) is 0 Å². The molecule has 0 saturated heterocycles. The predicted octanol–water partition coefficient (Wildman–Crippen LogP) is 2.23. The molecule has 20 heavy (non-hydrogen) atoms. The van der Waals surface area contributed by atoms with Crippen molar-refractivity contribution in [3.8, 4) is 0 Å². The number of carbonyl (C=O) groups excluding carboxylic acids is 1. The fourth-order valence-electron chi connectivity index (χ4n) is 2.89. The van der Waals surface area contributed by atoms with Crippen LogP contribution in [-0.4, -0.2) is 24.6 Å². The van der Waals surface area contributed by atoms with Crippen LogP contribution in [0.25, 0.3) is 0 Å². The van der Waals surface area contributed by atoms with Crippen molar-refractivity contribution in [2.75, 3.05) is 7.11 Å². The SMILES string of the molecule is CO[C@](N)(c1cccc(C=O)c1)[C@H](O)C1CCCC1.Cl. The van der Waals surface area contributed by atoms with E-state index in [1.807, 2.05) is 0 Å². The Labute approximate surface area is 125 Å². The standard InChI is InChI=1S/C15H21NO3.ClH/c1-19-15(16,14(18)12-6-2-3-7-12)13-8-4-5-11(9-13)10-17;/h4-5,8-10,12,14,18H,2-3,6-7,16H2,1H3;1H/t14-,15-;/m1./s1.